The summed E-state index contributed by atoms with van der Waals surface area (Å²) in [5.41, 5.74) is 2.58. The van der Waals surface area contributed by atoms with E-state index in [-0.39, 0.29) is 5.75 Å². The molecular weight excluding hydrogens is 188 g/mol. The zero-order valence-corrected chi connectivity index (χ0v) is 9.32. The summed E-state index contributed by atoms with van der Waals surface area (Å²) in [5.74, 6) is 0.622. The largest absolute Gasteiger partial charge is 0.507 e. The van der Waals surface area contributed by atoms with Gasteiger partial charge >= 0.3 is 0 Å². The van der Waals surface area contributed by atoms with Crippen LogP contribution in [0.2, 0.25) is 0 Å². The number of carbonyl (C=O) groups is 1. The summed E-state index contributed by atoms with van der Waals surface area (Å²) in [6, 6.07) is 5.57. The molecule has 2 heteroatoms. The van der Waals surface area contributed by atoms with E-state index in [1.54, 1.807) is 13.0 Å². The van der Waals surface area contributed by atoms with Crippen molar-refractivity contribution in [3.8, 4) is 5.75 Å². The van der Waals surface area contributed by atoms with Crippen molar-refractivity contribution in [2.45, 2.75) is 26.7 Å². The van der Waals surface area contributed by atoms with Crippen molar-refractivity contribution in [2.24, 2.45) is 0 Å². The first-order chi connectivity index (χ1) is 7.06. The fraction of sp³-hybridized carbons (Fsp3) is 0.308. The maximum Gasteiger partial charge on any atom is 0.143 e. The highest BCUT2D eigenvalue weighted by Gasteiger charge is 2.06. The fourth-order valence-corrected chi connectivity index (χ4v) is 1.43. The standard InChI is InChI=1S/C13H16O2/c1-9(2)11-4-5-12(13(15)8-11)10(3)6-7-14/h4-9,15H,1-3H3. The number of hydrogen-bond donors (Lipinski definition) is 1. The summed E-state index contributed by atoms with van der Waals surface area (Å²) >= 11 is 0. The summed E-state index contributed by atoms with van der Waals surface area (Å²) in [5, 5.41) is 9.78. The summed E-state index contributed by atoms with van der Waals surface area (Å²) in [6.07, 6.45) is 2.18. The van der Waals surface area contributed by atoms with Crippen LogP contribution in [0.15, 0.2) is 24.3 Å². The van der Waals surface area contributed by atoms with E-state index in [2.05, 4.69) is 13.8 Å². The highest BCUT2D eigenvalue weighted by atomic mass is 16.3. The smallest absolute Gasteiger partial charge is 0.143 e. The minimum absolute atomic E-state index is 0.233. The Hall–Kier alpha value is -1.57. The Labute approximate surface area is 90.3 Å². The lowest BCUT2D eigenvalue weighted by Gasteiger charge is -2.09. The normalized spacial score (nSPS) is 11.9. The van der Waals surface area contributed by atoms with Gasteiger partial charge < -0.3 is 5.11 Å². The van der Waals surface area contributed by atoms with Gasteiger partial charge in [-0.15, -0.1) is 0 Å². The van der Waals surface area contributed by atoms with Crippen LogP contribution >= 0.6 is 0 Å². The molecule has 1 rings (SSSR count). The molecule has 0 aliphatic heterocycles. The molecular formula is C13H16O2. The van der Waals surface area contributed by atoms with Crippen molar-refractivity contribution in [1.29, 1.82) is 0 Å². The molecule has 80 valence electrons. The Kier molecular flexibility index (Phi) is 3.67. The van der Waals surface area contributed by atoms with Crippen molar-refractivity contribution >= 4 is 11.9 Å². The fourth-order valence-electron chi connectivity index (χ4n) is 1.43. The van der Waals surface area contributed by atoms with Gasteiger partial charge in [-0.3, -0.25) is 4.79 Å². The van der Waals surface area contributed by atoms with Crippen LogP contribution in [0.1, 0.15) is 37.8 Å². The molecule has 0 fully saturated rings. The van der Waals surface area contributed by atoms with Crippen LogP contribution in [0.3, 0.4) is 0 Å². The molecule has 15 heavy (non-hydrogen) atoms. The van der Waals surface area contributed by atoms with Crippen LogP contribution in [0.5, 0.6) is 5.75 Å². The van der Waals surface area contributed by atoms with Gasteiger partial charge in [-0.25, -0.2) is 0 Å². The molecule has 2 nitrogen and oxygen atoms in total. The number of aldehydes is 1. The Balaban J connectivity index is 3.13. The van der Waals surface area contributed by atoms with E-state index in [1.807, 2.05) is 12.1 Å². The van der Waals surface area contributed by atoms with E-state index in [0.717, 1.165) is 17.4 Å². The minimum Gasteiger partial charge on any atom is -0.507 e. The number of phenols is 1. The lowest BCUT2D eigenvalue weighted by atomic mass is 9.98. The Bertz CT molecular complexity index is 390. The van der Waals surface area contributed by atoms with Gasteiger partial charge in [-0.05, 0) is 36.1 Å². The second kappa shape index (κ2) is 4.78. The molecule has 0 aliphatic rings. The zero-order chi connectivity index (χ0) is 11.4. The average Bonchev–Trinajstić information content (AvgIpc) is 2.17. The molecule has 0 aromatic heterocycles. The number of benzene rings is 1. The summed E-state index contributed by atoms with van der Waals surface area (Å²) in [7, 11) is 0. The lowest BCUT2D eigenvalue weighted by Crippen LogP contribution is -1.89. The molecule has 0 aliphatic carbocycles. The number of hydrogen-bond acceptors (Lipinski definition) is 2. The molecule has 0 saturated heterocycles. The van der Waals surface area contributed by atoms with Gasteiger partial charge in [-0.2, -0.15) is 0 Å². The van der Waals surface area contributed by atoms with Gasteiger partial charge in [0.1, 0.15) is 12.0 Å². The summed E-state index contributed by atoms with van der Waals surface area (Å²) in [6.45, 7) is 5.95. The number of allylic oxidation sites excluding steroid dienone is 2. The first kappa shape index (κ1) is 11.5. The maximum atomic E-state index is 10.3. The predicted molar refractivity (Wildman–Crippen MR) is 61.9 cm³/mol. The molecule has 0 amide bonds. The van der Waals surface area contributed by atoms with Gasteiger partial charge in [0.05, 0.1) is 0 Å². The SMILES string of the molecule is CC(=CC=O)c1ccc(C(C)C)cc1O. The molecule has 0 bridgehead atoms. The Morgan fingerprint density at radius 1 is 1.40 bits per heavy atom. The topological polar surface area (TPSA) is 37.3 Å². The summed E-state index contributed by atoms with van der Waals surface area (Å²) in [4.78, 5) is 10.3. The number of rotatable bonds is 3. The molecule has 1 N–H and O–H groups in total. The van der Waals surface area contributed by atoms with Crippen LogP contribution in [0.4, 0.5) is 0 Å². The zero-order valence-electron chi connectivity index (χ0n) is 9.32. The van der Waals surface area contributed by atoms with Crippen molar-refractivity contribution in [1.82, 2.24) is 0 Å². The van der Waals surface area contributed by atoms with Gasteiger partial charge in [-0.1, -0.05) is 26.0 Å². The molecule has 0 atom stereocenters. The Morgan fingerprint density at radius 3 is 2.53 bits per heavy atom. The molecule has 0 heterocycles. The highest BCUT2D eigenvalue weighted by Crippen LogP contribution is 2.28. The molecule has 1 aromatic carbocycles. The summed E-state index contributed by atoms with van der Waals surface area (Å²) < 4.78 is 0. The van der Waals surface area contributed by atoms with Crippen molar-refractivity contribution in [3.05, 3.63) is 35.4 Å². The third kappa shape index (κ3) is 2.69. The Morgan fingerprint density at radius 2 is 2.07 bits per heavy atom. The number of aromatic hydroxyl groups is 1. The molecule has 0 saturated carbocycles. The van der Waals surface area contributed by atoms with E-state index in [1.165, 1.54) is 6.08 Å². The molecule has 0 radical (unpaired) electrons. The second-order valence-electron chi connectivity index (χ2n) is 3.92. The van der Waals surface area contributed by atoms with Crippen LogP contribution < -0.4 is 0 Å². The molecule has 0 unspecified atom stereocenters. The second-order valence-corrected chi connectivity index (χ2v) is 3.92. The van der Waals surface area contributed by atoms with Crippen LogP contribution in [0.25, 0.3) is 5.57 Å². The van der Waals surface area contributed by atoms with Gasteiger partial charge in [0.15, 0.2) is 0 Å². The first-order valence-electron chi connectivity index (χ1n) is 5.01. The highest BCUT2D eigenvalue weighted by molar-refractivity contribution is 5.82. The number of phenolic OH excluding ortho intramolecular Hbond substituents is 1. The average molecular weight is 204 g/mol. The van der Waals surface area contributed by atoms with E-state index in [4.69, 9.17) is 0 Å². The third-order valence-corrected chi connectivity index (χ3v) is 2.43. The van der Waals surface area contributed by atoms with E-state index in [9.17, 15) is 9.90 Å². The van der Waals surface area contributed by atoms with E-state index < -0.39 is 0 Å². The van der Waals surface area contributed by atoms with Gasteiger partial charge in [0.2, 0.25) is 0 Å². The predicted octanol–water partition coefficient (Wildman–Crippen LogP) is 3.12. The maximum absolute atomic E-state index is 10.3. The van der Waals surface area contributed by atoms with E-state index >= 15 is 0 Å². The quantitative estimate of drug-likeness (QED) is 0.606. The third-order valence-electron chi connectivity index (χ3n) is 2.43. The molecule has 1 aromatic rings. The van der Waals surface area contributed by atoms with Crippen molar-refractivity contribution in [3.63, 3.8) is 0 Å². The van der Waals surface area contributed by atoms with Crippen molar-refractivity contribution in [2.75, 3.05) is 0 Å². The van der Waals surface area contributed by atoms with Crippen LogP contribution in [-0.4, -0.2) is 11.4 Å². The monoisotopic (exact) mass is 204 g/mol. The van der Waals surface area contributed by atoms with Crippen molar-refractivity contribution < 1.29 is 9.90 Å². The number of carbonyl (C=O) groups excluding carboxylic acids is 1. The first-order valence-corrected chi connectivity index (χ1v) is 5.01. The lowest BCUT2D eigenvalue weighted by molar-refractivity contribution is -0.104. The van der Waals surface area contributed by atoms with E-state index in [0.29, 0.717) is 11.5 Å². The van der Waals surface area contributed by atoms with Crippen LogP contribution in [-0.2, 0) is 4.79 Å². The molecule has 0 spiro atoms. The van der Waals surface area contributed by atoms with Gasteiger partial charge in [0.25, 0.3) is 0 Å². The van der Waals surface area contributed by atoms with Gasteiger partial charge in [0, 0.05) is 5.56 Å². The minimum atomic E-state index is 0.233. The van der Waals surface area contributed by atoms with Crippen LogP contribution in [0, 0.1) is 0 Å².